The first-order valence-electron chi connectivity index (χ1n) is 25.2. The zero-order valence-corrected chi connectivity index (χ0v) is 36.6. The molecule has 312 valence electrons. The second-order valence-corrected chi connectivity index (χ2v) is 18.1. The van der Waals surface area contributed by atoms with Gasteiger partial charge in [0.2, 0.25) is 0 Å². The van der Waals surface area contributed by atoms with E-state index >= 15 is 0 Å². The monoisotopic (exact) mass is 847 g/mol. The third-order valence-corrected chi connectivity index (χ3v) is 14.3. The summed E-state index contributed by atoms with van der Waals surface area (Å²) in [6.45, 7) is 4.61. The minimum absolute atomic E-state index is 0.180. The maximum atomic E-state index is 8.79. The maximum Gasteiger partial charge on any atom is 0.0727 e. The van der Waals surface area contributed by atoms with E-state index in [1.54, 1.807) is 0 Å². The Morgan fingerprint density at radius 3 is 1.18 bits per heavy atom. The second-order valence-electron chi connectivity index (χ2n) is 18.1. The summed E-state index contributed by atoms with van der Waals surface area (Å²) >= 11 is 0. The minimum Gasteiger partial charge on any atom is -0.310 e. The SMILES string of the molecule is [2H]c1c([2H])c([2H])c(-c2ccc(N(c3ccc4c(c3)C(C)(C)c3ccccc3-4)c3ccc4c(c3)C3(c5ccccc5-c5ccc(N(c6ccccc6)c6ccccc6)cc53)c3ccccc3-4)cc2)c([2H])c1[2H]. The van der Waals surface area contributed by atoms with Gasteiger partial charge in [0.25, 0.3) is 0 Å². The van der Waals surface area contributed by atoms with Gasteiger partial charge in [0.1, 0.15) is 0 Å². The number of hydrogen-bond acceptors (Lipinski definition) is 2. The van der Waals surface area contributed by atoms with E-state index in [9.17, 15) is 0 Å². The van der Waals surface area contributed by atoms with Gasteiger partial charge in [-0.2, -0.15) is 0 Å². The van der Waals surface area contributed by atoms with E-state index in [0.29, 0.717) is 5.56 Å². The highest BCUT2D eigenvalue weighted by Crippen LogP contribution is 2.64. The standard InChI is InChI=1S/C64H46N2/c1-63(2)57-27-15-12-24-51(57)54-37-34-48(40-60(54)63)66(47-32-30-44(31-33-47)43-18-6-3-7-19-43)50-36-39-56-53-26-14-17-29-59(53)64(62(56)42-50)58-28-16-13-25-52(58)55-38-35-49(41-61(55)64)65(45-20-8-4-9-21-45)46-22-10-5-11-23-46/h3-42H,1-2H3/i3D,6D,7D,18D,19D. The van der Waals surface area contributed by atoms with Crippen molar-refractivity contribution < 1.29 is 6.85 Å². The van der Waals surface area contributed by atoms with Crippen LogP contribution in [0.5, 0.6) is 0 Å². The van der Waals surface area contributed by atoms with Crippen molar-refractivity contribution in [2.45, 2.75) is 24.7 Å². The molecule has 0 N–H and O–H groups in total. The van der Waals surface area contributed by atoms with Crippen molar-refractivity contribution in [3.05, 3.63) is 276 Å². The summed E-state index contributed by atoms with van der Waals surface area (Å²) < 4.78 is 42.7. The van der Waals surface area contributed by atoms with Gasteiger partial charge in [-0.3, -0.25) is 0 Å². The molecule has 0 fully saturated rings. The van der Waals surface area contributed by atoms with E-state index in [1.165, 1.54) is 66.8 Å². The second kappa shape index (κ2) is 14.7. The summed E-state index contributed by atoms with van der Waals surface area (Å²) in [6, 6.07) is 74.6. The van der Waals surface area contributed by atoms with Gasteiger partial charge in [0, 0.05) is 39.5 Å². The Hall–Kier alpha value is -8.20. The third kappa shape index (κ3) is 5.55. The average Bonchev–Trinajstić information content (AvgIpc) is 3.97. The molecule has 13 rings (SSSR count). The first-order chi connectivity index (χ1) is 34.6. The number of fused-ring (bicyclic) bond motifs is 13. The Kier molecular flexibility index (Phi) is 7.41. The molecule has 0 saturated carbocycles. The lowest BCUT2D eigenvalue weighted by Gasteiger charge is -2.33. The van der Waals surface area contributed by atoms with Crippen molar-refractivity contribution in [1.82, 2.24) is 0 Å². The Labute approximate surface area is 394 Å². The lowest BCUT2D eigenvalue weighted by molar-refractivity contribution is 0.660. The van der Waals surface area contributed by atoms with E-state index in [4.69, 9.17) is 6.85 Å². The summed E-state index contributed by atoms with van der Waals surface area (Å²) in [7, 11) is 0. The van der Waals surface area contributed by atoms with Gasteiger partial charge >= 0.3 is 0 Å². The number of rotatable bonds is 7. The topological polar surface area (TPSA) is 6.48 Å². The smallest absolute Gasteiger partial charge is 0.0727 e. The van der Waals surface area contributed by atoms with Gasteiger partial charge in [-0.15, -0.1) is 0 Å². The van der Waals surface area contributed by atoms with Crippen molar-refractivity contribution in [3.8, 4) is 44.5 Å². The first-order valence-corrected chi connectivity index (χ1v) is 22.7. The molecule has 1 spiro atoms. The molecule has 66 heavy (non-hydrogen) atoms. The van der Waals surface area contributed by atoms with E-state index < -0.39 is 11.5 Å². The lowest BCUT2D eigenvalue weighted by atomic mass is 9.70. The highest BCUT2D eigenvalue weighted by molar-refractivity contribution is 5.98. The van der Waals surface area contributed by atoms with Crippen LogP contribution in [-0.2, 0) is 10.8 Å². The number of anilines is 6. The molecule has 0 saturated heterocycles. The van der Waals surface area contributed by atoms with Gasteiger partial charge in [-0.05, 0) is 151 Å². The van der Waals surface area contributed by atoms with Gasteiger partial charge in [0.05, 0.1) is 12.3 Å². The first kappa shape index (κ1) is 33.3. The van der Waals surface area contributed by atoms with Crippen molar-refractivity contribution >= 4 is 34.1 Å². The molecule has 1 atom stereocenters. The normalized spacial score (nSPS) is 16.4. The van der Waals surface area contributed by atoms with Gasteiger partial charge < -0.3 is 9.80 Å². The van der Waals surface area contributed by atoms with Crippen LogP contribution in [0.2, 0.25) is 0 Å². The van der Waals surface area contributed by atoms with Crippen LogP contribution in [0, 0.1) is 0 Å². The summed E-state index contributed by atoms with van der Waals surface area (Å²) in [6.07, 6.45) is 0. The van der Waals surface area contributed by atoms with Crippen LogP contribution in [0.3, 0.4) is 0 Å². The summed E-state index contributed by atoms with van der Waals surface area (Å²) in [4.78, 5) is 4.66. The van der Waals surface area contributed by atoms with E-state index in [1.807, 2.05) is 24.3 Å². The number of para-hydroxylation sites is 2. The molecule has 3 aliphatic carbocycles. The predicted molar refractivity (Wildman–Crippen MR) is 275 cm³/mol. The van der Waals surface area contributed by atoms with Crippen LogP contribution in [0.1, 0.15) is 54.1 Å². The fraction of sp³-hybridized carbons (Fsp3) is 0.0625. The summed E-state index contributed by atoms with van der Waals surface area (Å²) in [5.41, 5.74) is 20.6. The largest absolute Gasteiger partial charge is 0.310 e. The quantitative estimate of drug-likeness (QED) is 0.158. The molecule has 1 unspecified atom stereocenters. The van der Waals surface area contributed by atoms with Crippen LogP contribution in [0.4, 0.5) is 34.1 Å². The number of nitrogens with zero attached hydrogens (tertiary/aromatic N) is 2. The molecule has 10 aromatic rings. The predicted octanol–water partition coefficient (Wildman–Crippen LogP) is 16.9. The van der Waals surface area contributed by atoms with Gasteiger partial charge in [-0.1, -0.05) is 184 Å². The van der Waals surface area contributed by atoms with Crippen molar-refractivity contribution in [2.24, 2.45) is 0 Å². The average molecular weight is 848 g/mol. The highest BCUT2D eigenvalue weighted by atomic mass is 15.1. The molecule has 0 aromatic heterocycles. The zero-order chi connectivity index (χ0) is 48.3. The van der Waals surface area contributed by atoms with Gasteiger partial charge in [0.15, 0.2) is 0 Å². The summed E-state index contributed by atoms with van der Waals surface area (Å²) in [5.74, 6) is 0. The van der Waals surface area contributed by atoms with Crippen molar-refractivity contribution in [2.75, 3.05) is 9.80 Å². The van der Waals surface area contributed by atoms with Crippen molar-refractivity contribution in [1.29, 1.82) is 0 Å². The minimum atomic E-state index is -0.666. The van der Waals surface area contributed by atoms with E-state index in [-0.39, 0.29) is 35.1 Å². The number of benzene rings is 10. The Bertz CT molecular complexity index is 3730. The Balaban J connectivity index is 1.04. The third-order valence-electron chi connectivity index (χ3n) is 14.3. The van der Waals surface area contributed by atoms with E-state index in [0.717, 1.165) is 34.1 Å². The van der Waals surface area contributed by atoms with Crippen LogP contribution in [0.15, 0.2) is 243 Å². The van der Waals surface area contributed by atoms with E-state index in [2.05, 4.69) is 212 Å². The molecule has 3 aliphatic rings. The van der Waals surface area contributed by atoms with Crippen LogP contribution < -0.4 is 9.80 Å². The zero-order valence-electron chi connectivity index (χ0n) is 41.6. The molecule has 10 aromatic carbocycles. The fourth-order valence-corrected chi connectivity index (χ4v) is 11.4. The highest BCUT2D eigenvalue weighted by Gasteiger charge is 2.52. The fourth-order valence-electron chi connectivity index (χ4n) is 11.4. The molecular weight excluding hydrogens is 797 g/mol. The van der Waals surface area contributed by atoms with Crippen molar-refractivity contribution in [3.63, 3.8) is 0 Å². The molecule has 0 heterocycles. The molecule has 2 heteroatoms. The maximum absolute atomic E-state index is 8.79. The van der Waals surface area contributed by atoms with Crippen LogP contribution in [-0.4, -0.2) is 0 Å². The van der Waals surface area contributed by atoms with Gasteiger partial charge in [-0.25, -0.2) is 0 Å². The van der Waals surface area contributed by atoms with Crippen LogP contribution in [0.25, 0.3) is 44.5 Å². The Morgan fingerprint density at radius 1 is 0.303 bits per heavy atom. The lowest BCUT2D eigenvalue weighted by Crippen LogP contribution is -2.26. The molecule has 2 nitrogen and oxygen atoms in total. The van der Waals surface area contributed by atoms with Crippen LogP contribution >= 0.6 is 0 Å². The molecule has 0 bridgehead atoms. The molecule has 0 radical (unpaired) electrons. The summed E-state index contributed by atoms with van der Waals surface area (Å²) in [5, 5.41) is 0. The molecule has 0 aliphatic heterocycles. The number of hydrogen-bond donors (Lipinski definition) is 0. The Morgan fingerprint density at radius 2 is 0.667 bits per heavy atom. The molecular formula is C64H46N2. The molecule has 0 amide bonds.